The van der Waals surface area contributed by atoms with Gasteiger partial charge in [-0.15, -0.1) is 0 Å². The minimum Gasteiger partial charge on any atom is -0.496 e. The number of hydrogen-bond donors (Lipinski definition) is 1. The van der Waals surface area contributed by atoms with Crippen molar-refractivity contribution in [1.82, 2.24) is 14.7 Å². The summed E-state index contributed by atoms with van der Waals surface area (Å²) in [5, 5.41) is 10.0. The average molecular weight is 641 g/mol. The number of carbonyl (C=O) groups is 1. The molecule has 1 fully saturated rings. The highest BCUT2D eigenvalue weighted by Crippen LogP contribution is 2.45. The van der Waals surface area contributed by atoms with E-state index in [9.17, 15) is 4.79 Å². The normalized spacial score (nSPS) is 14.3. The lowest BCUT2D eigenvalue weighted by molar-refractivity contribution is -0.121. The van der Waals surface area contributed by atoms with Gasteiger partial charge in [0, 0.05) is 16.9 Å². The number of methoxy groups -OCH3 is 1. The number of halogens is 1. The number of likely N-dealkylation sites (tertiary alicyclic amines) is 1. The van der Waals surface area contributed by atoms with Gasteiger partial charge in [-0.3, -0.25) is 4.79 Å². The van der Waals surface area contributed by atoms with E-state index in [4.69, 9.17) is 21.4 Å². The second kappa shape index (κ2) is 13.1. The fraction of sp³-hybridized carbons (Fsp3) is 0.200. The van der Waals surface area contributed by atoms with Crippen molar-refractivity contribution in [1.29, 1.82) is 0 Å². The van der Waals surface area contributed by atoms with Crippen molar-refractivity contribution in [2.24, 2.45) is 5.92 Å². The fourth-order valence-electron chi connectivity index (χ4n) is 6.97. The van der Waals surface area contributed by atoms with E-state index in [-0.39, 0.29) is 11.8 Å². The van der Waals surface area contributed by atoms with Crippen molar-refractivity contribution in [2.45, 2.75) is 18.4 Å². The Morgan fingerprint density at radius 2 is 1.38 bits per heavy atom. The van der Waals surface area contributed by atoms with E-state index < -0.39 is 5.54 Å². The molecule has 1 aliphatic heterocycles. The summed E-state index contributed by atoms with van der Waals surface area (Å²) >= 11 is 6.77. The first-order valence-corrected chi connectivity index (χ1v) is 16.4. The lowest BCUT2D eigenvalue weighted by atomic mass is 9.77. The molecule has 0 aliphatic carbocycles. The van der Waals surface area contributed by atoms with Crippen molar-refractivity contribution in [2.75, 3.05) is 32.6 Å². The van der Waals surface area contributed by atoms with Crippen molar-refractivity contribution in [3.63, 3.8) is 0 Å². The van der Waals surface area contributed by atoms with Gasteiger partial charge in [-0.1, -0.05) is 115 Å². The van der Waals surface area contributed by atoms with Gasteiger partial charge < -0.3 is 15.0 Å². The maximum atomic E-state index is 13.9. The minimum atomic E-state index is -0.859. The van der Waals surface area contributed by atoms with Crippen LogP contribution in [0.15, 0.2) is 127 Å². The Kier molecular flexibility index (Phi) is 8.54. The molecule has 6 nitrogen and oxygen atoms in total. The lowest BCUT2D eigenvalue weighted by Crippen LogP contribution is -2.39. The predicted octanol–water partition coefficient (Wildman–Crippen LogP) is 8.49. The molecule has 236 valence electrons. The monoisotopic (exact) mass is 640 g/mol. The highest BCUT2D eigenvalue weighted by Gasteiger charge is 2.41. The molecule has 2 heterocycles. The molecule has 0 unspecified atom stereocenters. The van der Waals surface area contributed by atoms with E-state index in [0.29, 0.717) is 16.6 Å². The van der Waals surface area contributed by atoms with Crippen molar-refractivity contribution in [3.05, 3.63) is 149 Å². The van der Waals surface area contributed by atoms with E-state index in [1.165, 1.54) is 0 Å². The van der Waals surface area contributed by atoms with Crippen molar-refractivity contribution in [3.8, 4) is 16.9 Å². The maximum Gasteiger partial charge on any atom is 0.228 e. The number of benzene rings is 5. The van der Waals surface area contributed by atoms with E-state index in [0.717, 1.165) is 64.7 Å². The zero-order valence-corrected chi connectivity index (χ0v) is 27.3. The lowest BCUT2D eigenvalue weighted by Gasteiger charge is -2.37. The Morgan fingerprint density at radius 3 is 1.94 bits per heavy atom. The number of aromatic nitrogens is 2. The summed E-state index contributed by atoms with van der Waals surface area (Å²) in [7, 11) is 3.75. The second-order valence-corrected chi connectivity index (χ2v) is 12.6. The van der Waals surface area contributed by atoms with Crippen LogP contribution in [0.3, 0.4) is 0 Å². The number of fused-ring (bicyclic) bond motifs is 1. The SMILES string of the molecule is COc1cccc(Cl)c1-c1ccc2c(c1)c(NC(=O)C1CCN(C)CC1)nn2C(c1ccccc1)(c1ccccc1)c1ccccc1. The van der Waals surface area contributed by atoms with Crippen LogP contribution in [-0.4, -0.2) is 47.8 Å². The van der Waals surface area contributed by atoms with Gasteiger partial charge in [-0.25, -0.2) is 4.68 Å². The molecule has 0 bridgehead atoms. The van der Waals surface area contributed by atoms with Crippen LogP contribution in [0.2, 0.25) is 5.02 Å². The molecule has 1 amide bonds. The zero-order valence-electron chi connectivity index (χ0n) is 26.6. The van der Waals surface area contributed by atoms with Crippen molar-refractivity contribution >= 4 is 34.2 Å². The molecule has 0 atom stereocenters. The number of carbonyl (C=O) groups excluding carboxylic acids is 1. The first-order valence-electron chi connectivity index (χ1n) is 16.0. The summed E-state index contributed by atoms with van der Waals surface area (Å²) < 4.78 is 7.81. The Hall–Kier alpha value is -4.91. The summed E-state index contributed by atoms with van der Waals surface area (Å²) in [5.74, 6) is 1.10. The number of nitrogens with zero attached hydrogens (tertiary/aromatic N) is 3. The van der Waals surface area contributed by atoms with Crippen LogP contribution in [-0.2, 0) is 10.3 Å². The number of piperidine rings is 1. The van der Waals surface area contributed by atoms with E-state index in [1.54, 1.807) is 7.11 Å². The third-order valence-electron chi connectivity index (χ3n) is 9.39. The Labute approximate surface area is 280 Å². The first kappa shape index (κ1) is 30.7. The Balaban J connectivity index is 1.51. The highest BCUT2D eigenvalue weighted by molar-refractivity contribution is 6.33. The van der Waals surface area contributed by atoms with Crippen LogP contribution in [0, 0.1) is 5.92 Å². The summed E-state index contributed by atoms with van der Waals surface area (Å²) in [6.45, 7) is 1.78. The molecule has 1 aromatic heterocycles. The molecule has 7 heteroatoms. The summed E-state index contributed by atoms with van der Waals surface area (Å²) in [6, 6.07) is 43.2. The first-order chi connectivity index (χ1) is 23.0. The van der Waals surface area contributed by atoms with Gasteiger partial charge in [-0.05, 0) is 79.5 Å². The Morgan fingerprint density at radius 1 is 0.809 bits per heavy atom. The van der Waals surface area contributed by atoms with Crippen LogP contribution < -0.4 is 10.1 Å². The fourth-order valence-corrected chi connectivity index (χ4v) is 7.25. The third-order valence-corrected chi connectivity index (χ3v) is 9.70. The molecule has 1 N–H and O–H groups in total. The minimum absolute atomic E-state index is 0.00453. The standard InChI is InChI=1S/C40H37ClN4O2/c1-44-25-23-28(24-26-44)39(46)42-38-33-27-29(37-34(41)19-12-20-36(37)47-2)21-22-35(33)45(43-38)40(30-13-6-3-7-14-30,31-15-8-4-9-16-31)32-17-10-5-11-18-32/h3-22,27-28H,23-26H2,1-2H3,(H,42,43,46). The van der Waals surface area contributed by atoms with Crippen LogP contribution in [0.1, 0.15) is 29.5 Å². The van der Waals surface area contributed by atoms with Crippen LogP contribution in [0.25, 0.3) is 22.0 Å². The van der Waals surface area contributed by atoms with Crippen LogP contribution in [0.4, 0.5) is 5.82 Å². The number of anilines is 1. The van der Waals surface area contributed by atoms with Crippen LogP contribution >= 0.6 is 11.6 Å². The van der Waals surface area contributed by atoms with Gasteiger partial charge in [-0.2, -0.15) is 5.10 Å². The molecule has 0 saturated carbocycles. The van der Waals surface area contributed by atoms with Gasteiger partial charge in [0.2, 0.25) is 5.91 Å². The van der Waals surface area contributed by atoms with E-state index in [2.05, 4.69) is 113 Å². The average Bonchev–Trinajstić information content (AvgIpc) is 3.47. The molecule has 7 rings (SSSR count). The van der Waals surface area contributed by atoms with Gasteiger partial charge in [0.1, 0.15) is 11.3 Å². The van der Waals surface area contributed by atoms with Gasteiger partial charge in [0.05, 0.1) is 17.6 Å². The number of nitrogens with one attached hydrogen (secondary N) is 1. The largest absolute Gasteiger partial charge is 0.496 e. The van der Waals surface area contributed by atoms with Crippen LogP contribution in [0.5, 0.6) is 5.75 Å². The molecule has 0 radical (unpaired) electrons. The molecule has 1 aliphatic rings. The molecule has 0 spiro atoms. The topological polar surface area (TPSA) is 59.4 Å². The number of ether oxygens (including phenoxy) is 1. The molecular formula is C40H37ClN4O2. The summed E-state index contributed by atoms with van der Waals surface area (Å²) in [4.78, 5) is 16.1. The maximum absolute atomic E-state index is 13.9. The number of hydrogen-bond acceptors (Lipinski definition) is 4. The van der Waals surface area contributed by atoms with E-state index >= 15 is 0 Å². The molecule has 6 aromatic rings. The van der Waals surface area contributed by atoms with E-state index in [1.807, 2.05) is 36.4 Å². The zero-order chi connectivity index (χ0) is 32.4. The quantitative estimate of drug-likeness (QED) is 0.170. The van der Waals surface area contributed by atoms with Gasteiger partial charge >= 0.3 is 0 Å². The van der Waals surface area contributed by atoms with Gasteiger partial charge in [0.25, 0.3) is 0 Å². The third kappa shape index (κ3) is 5.58. The molecule has 47 heavy (non-hydrogen) atoms. The summed E-state index contributed by atoms with van der Waals surface area (Å²) in [6.07, 6.45) is 1.62. The van der Waals surface area contributed by atoms with Gasteiger partial charge in [0.15, 0.2) is 5.82 Å². The van der Waals surface area contributed by atoms with Crippen molar-refractivity contribution < 1.29 is 9.53 Å². The smallest absolute Gasteiger partial charge is 0.228 e. The Bertz CT molecular complexity index is 1910. The summed E-state index contributed by atoms with van der Waals surface area (Å²) in [5.41, 5.74) is 4.82. The predicted molar refractivity (Wildman–Crippen MR) is 190 cm³/mol. The molecule has 1 saturated heterocycles. The highest BCUT2D eigenvalue weighted by atomic mass is 35.5. The molecular weight excluding hydrogens is 604 g/mol. The number of rotatable bonds is 8. The molecule has 5 aromatic carbocycles. The number of amides is 1. The second-order valence-electron chi connectivity index (χ2n) is 12.2.